The van der Waals surface area contributed by atoms with Gasteiger partial charge >= 0.3 is 102 Å². The molecular formula is C12H17N2W-. The van der Waals surface area contributed by atoms with Gasteiger partial charge in [-0.3, -0.25) is 0 Å². The molecule has 2 nitrogen and oxygen atoms in total. The number of hydrogen-bond acceptors (Lipinski definition) is 1. The van der Waals surface area contributed by atoms with E-state index < -0.39 is 0 Å². The molecule has 0 bridgehead atoms. The van der Waals surface area contributed by atoms with Gasteiger partial charge in [-0.2, -0.15) is 0 Å². The zero-order valence-electron chi connectivity index (χ0n) is 9.69. The summed E-state index contributed by atoms with van der Waals surface area (Å²) in [6.07, 6.45) is 1.94. The fourth-order valence-electron chi connectivity index (χ4n) is 1.39. The minimum absolute atomic E-state index is 0.477. The molecule has 0 aliphatic heterocycles. The van der Waals surface area contributed by atoms with E-state index in [2.05, 4.69) is 43.7 Å². The Labute approximate surface area is 102 Å². The summed E-state index contributed by atoms with van der Waals surface area (Å²) in [4.78, 5) is 8.76. The molecule has 0 radical (unpaired) electrons. The van der Waals surface area contributed by atoms with Crippen molar-refractivity contribution in [1.29, 1.82) is 0 Å². The average Bonchev–Trinajstić information content (AvgIpc) is 2.18. The van der Waals surface area contributed by atoms with Gasteiger partial charge in [-0.1, -0.05) is 0 Å². The van der Waals surface area contributed by atoms with Gasteiger partial charge in [0.05, 0.1) is 0 Å². The van der Waals surface area contributed by atoms with Crippen LogP contribution < -0.4 is 10.5 Å². The molecule has 1 aromatic heterocycles. The molecule has 0 aliphatic rings. The van der Waals surface area contributed by atoms with Crippen molar-refractivity contribution in [2.75, 3.05) is 0 Å². The zero-order valence-corrected chi connectivity index (χ0v) is 12.6. The van der Waals surface area contributed by atoms with Gasteiger partial charge < -0.3 is 0 Å². The van der Waals surface area contributed by atoms with Gasteiger partial charge in [-0.05, 0) is 0 Å². The summed E-state index contributed by atoms with van der Waals surface area (Å²) in [5.41, 5.74) is 3.42. The fourth-order valence-corrected chi connectivity index (χ4v) is 1.75. The maximum absolute atomic E-state index is 4.43. The van der Waals surface area contributed by atoms with Crippen LogP contribution in [0.5, 0.6) is 0 Å². The topological polar surface area (TPSA) is 26.5 Å². The molecule has 1 rings (SSSR count). The maximum atomic E-state index is 4.43. The Bertz CT molecular complexity index is 402. The summed E-state index contributed by atoms with van der Waals surface area (Å²) in [6.45, 7) is 8.74. The summed E-state index contributed by atoms with van der Waals surface area (Å²) < 4.78 is 1.88. The molecule has 1 heterocycles. The second kappa shape index (κ2) is 5.55. The number of pyridine rings is 1. The van der Waals surface area contributed by atoms with Gasteiger partial charge in [0.2, 0.25) is 0 Å². The number of rotatable bonds is 3. The quantitative estimate of drug-likeness (QED) is 0.797. The predicted octanol–water partition coefficient (Wildman–Crippen LogP) is 2.10. The Morgan fingerprint density at radius 3 is 2.40 bits per heavy atom. The number of nitrogens with zero attached hydrogens (tertiary/aromatic N) is 2. The van der Waals surface area contributed by atoms with E-state index in [0.29, 0.717) is 11.8 Å². The third-order valence-electron chi connectivity index (χ3n) is 2.38. The summed E-state index contributed by atoms with van der Waals surface area (Å²) in [6, 6.07) is 2.24. The van der Waals surface area contributed by atoms with E-state index in [-0.39, 0.29) is 0 Å². The van der Waals surface area contributed by atoms with Crippen LogP contribution in [0, 0.1) is 0 Å². The molecule has 3 heteroatoms. The van der Waals surface area contributed by atoms with Gasteiger partial charge in [0, 0.05) is 0 Å². The molecule has 15 heavy (non-hydrogen) atoms. The van der Waals surface area contributed by atoms with Crippen LogP contribution in [-0.2, 0) is 19.4 Å². The van der Waals surface area contributed by atoms with Gasteiger partial charge in [0.25, 0.3) is 0 Å². The first-order chi connectivity index (χ1) is 7.06. The molecular weight excluding hydrogens is 356 g/mol. The molecule has 0 amide bonds. The van der Waals surface area contributed by atoms with Crippen molar-refractivity contribution in [2.24, 2.45) is 4.99 Å². The van der Waals surface area contributed by atoms with Crippen LogP contribution >= 0.6 is 0 Å². The normalized spacial score (nSPS) is 12.5. The SMILES string of the molecule is CC(C)c1c[n-]c(=N[CH]=[W])c(C(C)C)c1. The first kappa shape index (κ1) is 12.6. The molecule has 0 saturated carbocycles. The molecule has 0 unspecified atom stereocenters. The van der Waals surface area contributed by atoms with Crippen LogP contribution in [0.4, 0.5) is 0 Å². The fraction of sp³-hybridized carbons (Fsp3) is 0.500. The van der Waals surface area contributed by atoms with Crippen LogP contribution in [0.15, 0.2) is 17.3 Å². The van der Waals surface area contributed by atoms with E-state index in [0.717, 1.165) is 5.49 Å². The number of aromatic nitrogens is 1. The first-order valence-corrected chi connectivity index (χ1v) is 6.90. The Hall–Kier alpha value is -0.492. The molecule has 0 aromatic carbocycles. The van der Waals surface area contributed by atoms with Crippen molar-refractivity contribution < 1.29 is 19.4 Å². The van der Waals surface area contributed by atoms with Crippen molar-refractivity contribution in [3.05, 3.63) is 28.9 Å². The van der Waals surface area contributed by atoms with Crippen molar-refractivity contribution in [2.45, 2.75) is 39.5 Å². The van der Waals surface area contributed by atoms with E-state index in [9.17, 15) is 0 Å². The Balaban J connectivity index is 3.33. The monoisotopic (exact) mass is 373 g/mol. The second-order valence-electron chi connectivity index (χ2n) is 4.23. The molecule has 0 spiro atoms. The van der Waals surface area contributed by atoms with E-state index in [1.165, 1.54) is 30.5 Å². The zero-order chi connectivity index (χ0) is 11.4. The standard InChI is InChI=1S/C12H17N2.W/c1-8(2)10-6-11(9(3)4)12(13-5)14-7-10;/h5-9H,1-4H3;/q-1;. The van der Waals surface area contributed by atoms with Crippen LogP contribution in [0.2, 0.25) is 0 Å². The molecule has 0 fully saturated rings. The van der Waals surface area contributed by atoms with Gasteiger partial charge in [0.1, 0.15) is 0 Å². The molecule has 0 aliphatic carbocycles. The Morgan fingerprint density at radius 2 is 1.93 bits per heavy atom. The summed E-state index contributed by atoms with van der Waals surface area (Å²) in [7, 11) is 0. The molecule has 0 saturated heterocycles. The van der Waals surface area contributed by atoms with Crippen LogP contribution in [-0.4, -0.2) is 4.52 Å². The van der Waals surface area contributed by atoms with E-state index >= 15 is 0 Å². The summed E-state index contributed by atoms with van der Waals surface area (Å²) in [5, 5.41) is 0. The van der Waals surface area contributed by atoms with Crippen LogP contribution in [0.25, 0.3) is 0 Å². The first-order valence-electron chi connectivity index (χ1n) is 5.20. The summed E-state index contributed by atoms with van der Waals surface area (Å²) >= 11 is 1.36. The van der Waals surface area contributed by atoms with Crippen molar-refractivity contribution in [3.63, 3.8) is 0 Å². The van der Waals surface area contributed by atoms with Gasteiger partial charge in [-0.25, -0.2) is 0 Å². The molecule has 1 aromatic rings. The third kappa shape index (κ3) is 3.24. The molecule has 0 atom stereocenters. The molecule has 82 valence electrons. The van der Waals surface area contributed by atoms with Gasteiger partial charge in [0.15, 0.2) is 0 Å². The van der Waals surface area contributed by atoms with Crippen molar-refractivity contribution in [1.82, 2.24) is 4.98 Å². The molecule has 0 N–H and O–H groups in total. The van der Waals surface area contributed by atoms with Crippen molar-refractivity contribution in [3.8, 4) is 0 Å². The van der Waals surface area contributed by atoms with E-state index in [1.54, 1.807) is 0 Å². The Kier molecular flexibility index (Phi) is 4.66. The predicted molar refractivity (Wildman–Crippen MR) is 59.6 cm³/mol. The van der Waals surface area contributed by atoms with Crippen LogP contribution in [0.3, 0.4) is 0 Å². The average molecular weight is 373 g/mol. The van der Waals surface area contributed by atoms with E-state index in [4.69, 9.17) is 0 Å². The number of hydrogen-bond donors (Lipinski definition) is 0. The summed E-state index contributed by atoms with van der Waals surface area (Å²) in [5.74, 6) is 1.00. The van der Waals surface area contributed by atoms with Crippen LogP contribution in [0.1, 0.15) is 50.7 Å². The minimum atomic E-state index is 0.477. The Morgan fingerprint density at radius 1 is 1.27 bits per heavy atom. The third-order valence-corrected chi connectivity index (χ3v) is 2.76. The second-order valence-corrected chi connectivity index (χ2v) is 4.98. The van der Waals surface area contributed by atoms with E-state index in [1.807, 2.05) is 10.7 Å². The van der Waals surface area contributed by atoms with Gasteiger partial charge in [-0.15, -0.1) is 0 Å². The van der Waals surface area contributed by atoms with Crippen molar-refractivity contribution >= 4 is 4.52 Å².